The highest BCUT2D eigenvalue weighted by atomic mass is 79.9. The third-order valence-electron chi connectivity index (χ3n) is 12.3. The summed E-state index contributed by atoms with van der Waals surface area (Å²) < 4.78 is 14.8. The van der Waals surface area contributed by atoms with Crippen LogP contribution in [-0.4, -0.2) is 100 Å². The predicted octanol–water partition coefficient (Wildman–Crippen LogP) is 8.44. The topological polar surface area (TPSA) is 156 Å². The Morgan fingerprint density at radius 1 is 0.905 bits per heavy atom. The number of aryl methyl sites for hydroxylation is 2. The van der Waals surface area contributed by atoms with E-state index in [1.165, 1.54) is 44.9 Å². The lowest BCUT2D eigenvalue weighted by atomic mass is 9.93. The van der Waals surface area contributed by atoms with E-state index in [0.29, 0.717) is 42.5 Å². The highest BCUT2D eigenvalue weighted by Gasteiger charge is 2.31. The number of aromatic nitrogens is 4. The standard InChI is InChI=1S/C48H62BrN9O5/c1-32(34-15-14-16-35(49)27-34)51-47-39-29-42(62-4)43(30-40(39)52-33(2)53-47)63-26-13-11-9-7-5-6-8-10-12-21-57-22-24-58(25-23-57)45(60)31-50-36-17-18-37-41(28-36)56(3)55-46(37)38-19-20-44(59)54-48(38)61/h14-18,27-30,32,38,50H,5-13,19-26,31H2,1-4H3,(H,51,52,53)(H,54,59,61)/t32-,38?/m1/s1. The minimum Gasteiger partial charge on any atom is -0.493 e. The van der Waals surface area contributed by atoms with Crippen molar-refractivity contribution in [3.8, 4) is 11.5 Å². The molecule has 0 spiro atoms. The van der Waals surface area contributed by atoms with Crippen molar-refractivity contribution in [2.24, 2.45) is 7.05 Å². The first-order valence-corrected chi connectivity index (χ1v) is 23.4. The monoisotopic (exact) mass is 923 g/mol. The van der Waals surface area contributed by atoms with E-state index in [4.69, 9.17) is 19.4 Å². The van der Waals surface area contributed by atoms with Crippen LogP contribution in [0.1, 0.15) is 107 Å². The molecule has 336 valence electrons. The summed E-state index contributed by atoms with van der Waals surface area (Å²) in [6.07, 6.45) is 11.6. The number of benzene rings is 3. The van der Waals surface area contributed by atoms with Crippen LogP contribution in [0.5, 0.6) is 11.5 Å². The largest absolute Gasteiger partial charge is 0.493 e. The number of piperidine rings is 1. The van der Waals surface area contributed by atoms with E-state index >= 15 is 0 Å². The quantitative estimate of drug-likeness (QED) is 0.0480. The fraction of sp³-hybridized carbons (Fsp3) is 0.500. The molecule has 3 aromatic carbocycles. The second kappa shape index (κ2) is 21.9. The lowest BCUT2D eigenvalue weighted by Crippen LogP contribution is -2.50. The summed E-state index contributed by atoms with van der Waals surface area (Å²) in [5.74, 6) is 1.97. The summed E-state index contributed by atoms with van der Waals surface area (Å²) >= 11 is 3.57. The molecular formula is C48H62BrN9O5. The normalized spacial score (nSPS) is 16.3. The maximum absolute atomic E-state index is 13.1. The molecule has 0 saturated carbocycles. The number of carbonyl (C=O) groups is 3. The average molecular weight is 925 g/mol. The highest BCUT2D eigenvalue weighted by molar-refractivity contribution is 9.10. The molecular weight excluding hydrogens is 862 g/mol. The smallest absolute Gasteiger partial charge is 0.241 e. The number of unbranched alkanes of at least 4 members (excludes halogenated alkanes) is 8. The number of carbonyl (C=O) groups excluding carboxylic acids is 3. The number of methoxy groups -OCH3 is 1. The van der Waals surface area contributed by atoms with Crippen LogP contribution in [0.4, 0.5) is 11.5 Å². The maximum Gasteiger partial charge on any atom is 0.241 e. The van der Waals surface area contributed by atoms with Gasteiger partial charge in [-0.25, -0.2) is 9.97 Å². The van der Waals surface area contributed by atoms with Gasteiger partial charge in [0.15, 0.2) is 11.5 Å². The summed E-state index contributed by atoms with van der Waals surface area (Å²) in [6, 6.07) is 18.1. The first-order chi connectivity index (χ1) is 30.6. The number of piperazine rings is 1. The van der Waals surface area contributed by atoms with Crippen LogP contribution in [0.2, 0.25) is 0 Å². The Hall–Kier alpha value is -5.28. The minimum atomic E-state index is -0.446. The molecule has 63 heavy (non-hydrogen) atoms. The van der Waals surface area contributed by atoms with Crippen molar-refractivity contribution in [3.05, 3.63) is 76.2 Å². The second-order valence-corrected chi connectivity index (χ2v) is 17.8. The summed E-state index contributed by atoms with van der Waals surface area (Å²) in [5.41, 5.74) is 4.36. The molecule has 2 saturated heterocycles. The molecule has 2 aliphatic rings. The Morgan fingerprint density at radius 3 is 2.38 bits per heavy atom. The van der Waals surface area contributed by atoms with Gasteiger partial charge in [-0.2, -0.15) is 5.10 Å². The van der Waals surface area contributed by atoms with Gasteiger partial charge < -0.3 is 25.0 Å². The van der Waals surface area contributed by atoms with Gasteiger partial charge in [0.05, 0.1) is 48.9 Å². The lowest BCUT2D eigenvalue weighted by molar-refractivity contribution is -0.134. The number of nitrogens with zero attached hydrogens (tertiary/aromatic N) is 6. The van der Waals surface area contributed by atoms with Crippen molar-refractivity contribution >= 4 is 67.0 Å². The zero-order valence-electron chi connectivity index (χ0n) is 37.2. The van der Waals surface area contributed by atoms with Crippen LogP contribution < -0.4 is 25.4 Å². The fourth-order valence-corrected chi connectivity index (χ4v) is 9.09. The van der Waals surface area contributed by atoms with Crippen molar-refractivity contribution in [1.29, 1.82) is 0 Å². The van der Waals surface area contributed by atoms with Gasteiger partial charge in [0.1, 0.15) is 11.6 Å². The molecule has 5 aromatic rings. The van der Waals surface area contributed by atoms with Crippen LogP contribution in [0.15, 0.2) is 59.1 Å². The SMILES string of the molecule is COc1cc2c(N[C@H](C)c3cccc(Br)c3)nc(C)nc2cc1OCCCCCCCCCCCN1CCN(C(=O)CNc2ccc3c(C4CCC(=O)NC4=O)nn(C)c3c2)CC1. The fourth-order valence-electron chi connectivity index (χ4n) is 8.67. The molecule has 1 unspecified atom stereocenters. The van der Waals surface area contributed by atoms with Gasteiger partial charge in [-0.1, -0.05) is 73.0 Å². The molecule has 7 rings (SSSR count). The molecule has 14 nitrogen and oxygen atoms in total. The zero-order valence-corrected chi connectivity index (χ0v) is 38.8. The van der Waals surface area contributed by atoms with Gasteiger partial charge in [-0.15, -0.1) is 0 Å². The van der Waals surface area contributed by atoms with Crippen LogP contribution >= 0.6 is 15.9 Å². The molecule has 15 heteroatoms. The highest BCUT2D eigenvalue weighted by Crippen LogP contribution is 2.36. The Labute approximate surface area is 379 Å². The molecule has 3 N–H and O–H groups in total. The summed E-state index contributed by atoms with van der Waals surface area (Å²) in [7, 11) is 3.52. The average Bonchev–Trinajstić information content (AvgIpc) is 3.60. The third-order valence-corrected chi connectivity index (χ3v) is 12.8. The van der Waals surface area contributed by atoms with Crippen LogP contribution in [0.3, 0.4) is 0 Å². The van der Waals surface area contributed by atoms with Crippen molar-refractivity contribution in [2.45, 2.75) is 96.4 Å². The van der Waals surface area contributed by atoms with Crippen LogP contribution in [0.25, 0.3) is 21.8 Å². The Morgan fingerprint density at radius 2 is 1.65 bits per heavy atom. The molecule has 2 aliphatic heterocycles. The van der Waals surface area contributed by atoms with Crippen LogP contribution in [0, 0.1) is 6.92 Å². The first-order valence-electron chi connectivity index (χ1n) is 22.6. The number of anilines is 2. The van der Waals surface area contributed by atoms with Gasteiger partial charge in [0, 0.05) is 66.6 Å². The van der Waals surface area contributed by atoms with Crippen molar-refractivity contribution < 1.29 is 23.9 Å². The first kappa shape index (κ1) is 45.7. The van der Waals surface area contributed by atoms with E-state index in [0.717, 1.165) is 88.9 Å². The van der Waals surface area contributed by atoms with Crippen molar-refractivity contribution in [2.75, 3.05) is 63.6 Å². The molecule has 0 aliphatic carbocycles. The minimum absolute atomic E-state index is 0.0490. The van der Waals surface area contributed by atoms with Crippen LogP contribution in [-0.2, 0) is 21.4 Å². The van der Waals surface area contributed by atoms with E-state index in [1.54, 1.807) is 11.8 Å². The molecule has 2 fully saturated rings. The zero-order chi connectivity index (χ0) is 44.3. The maximum atomic E-state index is 13.1. The van der Waals surface area contributed by atoms with E-state index in [2.05, 4.69) is 60.9 Å². The van der Waals surface area contributed by atoms with E-state index in [1.807, 2.05) is 61.3 Å². The van der Waals surface area contributed by atoms with Gasteiger partial charge in [-0.05, 0) is 81.6 Å². The molecule has 2 aromatic heterocycles. The second-order valence-electron chi connectivity index (χ2n) is 16.9. The summed E-state index contributed by atoms with van der Waals surface area (Å²) in [5, 5.41) is 15.7. The van der Waals surface area contributed by atoms with Gasteiger partial charge in [0.25, 0.3) is 0 Å². The third kappa shape index (κ3) is 12.0. The Kier molecular flexibility index (Phi) is 15.9. The number of halogens is 1. The Balaban J connectivity index is 0.728. The number of nitrogens with one attached hydrogen (secondary N) is 3. The van der Waals surface area contributed by atoms with E-state index in [-0.39, 0.29) is 30.3 Å². The van der Waals surface area contributed by atoms with Gasteiger partial charge in [0.2, 0.25) is 17.7 Å². The summed E-state index contributed by atoms with van der Waals surface area (Å²) in [6.45, 7) is 9.30. The van der Waals surface area contributed by atoms with Gasteiger partial charge in [-0.3, -0.25) is 29.3 Å². The molecule has 4 heterocycles. The Bertz CT molecular complexity index is 2380. The number of hydrogen-bond donors (Lipinski definition) is 3. The van der Waals surface area contributed by atoms with E-state index in [9.17, 15) is 14.4 Å². The van der Waals surface area contributed by atoms with E-state index < -0.39 is 5.92 Å². The number of ether oxygens (including phenoxy) is 2. The number of hydrogen-bond acceptors (Lipinski definition) is 11. The number of fused-ring (bicyclic) bond motifs is 2. The van der Waals surface area contributed by atoms with Crippen molar-refractivity contribution in [1.82, 2.24) is 34.9 Å². The summed E-state index contributed by atoms with van der Waals surface area (Å²) in [4.78, 5) is 51.1. The molecule has 0 bridgehead atoms. The molecule has 0 radical (unpaired) electrons. The number of imide groups is 1. The lowest BCUT2D eigenvalue weighted by Gasteiger charge is -2.34. The predicted molar refractivity (Wildman–Crippen MR) is 251 cm³/mol. The van der Waals surface area contributed by atoms with Crippen molar-refractivity contribution in [3.63, 3.8) is 0 Å². The number of rotatable bonds is 21. The number of amides is 3. The molecule has 2 atom stereocenters. The van der Waals surface area contributed by atoms with Gasteiger partial charge >= 0.3 is 0 Å². The molecule has 3 amide bonds.